The van der Waals surface area contributed by atoms with E-state index >= 15 is 0 Å². The minimum Gasteiger partial charge on any atom is -0.494 e. The van der Waals surface area contributed by atoms with E-state index in [9.17, 15) is 29.3 Å². The van der Waals surface area contributed by atoms with E-state index in [-0.39, 0.29) is 28.3 Å². The van der Waals surface area contributed by atoms with Crippen LogP contribution in [0, 0.1) is 22.0 Å². The number of benzene rings is 3. The van der Waals surface area contributed by atoms with Gasteiger partial charge in [-0.1, -0.05) is 54.6 Å². The summed E-state index contributed by atoms with van der Waals surface area (Å²) in [6.07, 6.45) is -1.06. The molecule has 3 aliphatic rings. The quantitative estimate of drug-likeness (QED) is 0.232. The third-order valence-electron chi connectivity index (χ3n) is 7.26. The lowest BCUT2D eigenvalue weighted by molar-refractivity contribution is -0.384. The minimum atomic E-state index is -2.20. The number of hydrogen-bond donors (Lipinski definition) is 0. The van der Waals surface area contributed by atoms with Gasteiger partial charge in [-0.3, -0.25) is 29.3 Å². The summed E-state index contributed by atoms with van der Waals surface area (Å²) < 4.78 is 11.5. The Hall–Kier alpha value is -4.70. The highest BCUT2D eigenvalue weighted by Crippen LogP contribution is 2.58. The molecule has 0 aromatic heterocycles. The first-order chi connectivity index (χ1) is 17.8. The van der Waals surface area contributed by atoms with Crippen LogP contribution in [-0.4, -0.2) is 41.0 Å². The number of ketones is 2. The van der Waals surface area contributed by atoms with E-state index in [4.69, 9.17) is 9.47 Å². The number of hydrogen-bond acceptors (Lipinski definition) is 8. The second kappa shape index (κ2) is 7.90. The number of nitro benzene ring substituents is 1. The summed E-state index contributed by atoms with van der Waals surface area (Å²) >= 11 is 0. The molecule has 184 valence electrons. The molecule has 6 rings (SSSR count). The van der Waals surface area contributed by atoms with Gasteiger partial charge >= 0.3 is 0 Å². The number of nitro groups is 1. The predicted octanol–water partition coefficient (Wildman–Crippen LogP) is 3.30. The monoisotopic (exact) mass is 498 g/mol. The van der Waals surface area contributed by atoms with Crippen molar-refractivity contribution in [3.8, 4) is 5.75 Å². The zero-order chi connectivity index (χ0) is 26.1. The molecule has 2 saturated heterocycles. The fourth-order valence-electron chi connectivity index (χ4n) is 5.66. The summed E-state index contributed by atoms with van der Waals surface area (Å²) in [5.41, 5.74) is -1.72. The summed E-state index contributed by atoms with van der Waals surface area (Å²) in [5, 5.41) is 11.3. The molecule has 10 heteroatoms. The van der Waals surface area contributed by atoms with Crippen molar-refractivity contribution in [1.82, 2.24) is 0 Å². The highest BCUT2D eigenvalue weighted by molar-refractivity contribution is 6.37. The van der Waals surface area contributed by atoms with Crippen molar-refractivity contribution in [2.75, 3.05) is 12.0 Å². The molecule has 0 bridgehead atoms. The molecule has 2 fully saturated rings. The first kappa shape index (κ1) is 22.7. The number of amides is 2. The fourth-order valence-corrected chi connectivity index (χ4v) is 5.66. The number of imide groups is 1. The Balaban J connectivity index is 1.54. The molecule has 2 amide bonds. The average Bonchev–Trinajstić information content (AvgIpc) is 3.48. The van der Waals surface area contributed by atoms with Crippen LogP contribution in [-0.2, 0) is 14.3 Å². The predicted molar refractivity (Wildman–Crippen MR) is 127 cm³/mol. The summed E-state index contributed by atoms with van der Waals surface area (Å²) in [7, 11) is 1.26. The molecule has 2 heterocycles. The first-order valence-corrected chi connectivity index (χ1v) is 11.4. The molecule has 10 nitrogen and oxygen atoms in total. The van der Waals surface area contributed by atoms with E-state index < -0.39 is 51.8 Å². The zero-order valence-electron chi connectivity index (χ0n) is 19.3. The lowest BCUT2D eigenvalue weighted by atomic mass is 9.77. The van der Waals surface area contributed by atoms with E-state index in [1.54, 1.807) is 42.5 Å². The minimum absolute atomic E-state index is 0.0186. The van der Waals surface area contributed by atoms with Gasteiger partial charge in [-0.25, -0.2) is 4.90 Å². The van der Waals surface area contributed by atoms with Crippen molar-refractivity contribution in [1.29, 1.82) is 0 Å². The number of fused-ring (bicyclic) bond motifs is 3. The largest absolute Gasteiger partial charge is 0.494 e. The number of nitrogens with zero attached hydrogens (tertiary/aromatic N) is 2. The molecule has 0 saturated carbocycles. The molecule has 3 aromatic rings. The van der Waals surface area contributed by atoms with Gasteiger partial charge in [0, 0.05) is 17.2 Å². The van der Waals surface area contributed by atoms with Crippen LogP contribution < -0.4 is 9.64 Å². The normalized spacial score (nSPS) is 23.5. The standard InChI is InChI=1S/C27H18N2O8/c1-36-19-13-15(29(34)35)11-12-18(19)28-25(32)20-21(26(28)33)27(37-22(20)14-7-3-2-4-8-14)23(30)16-9-5-6-10-17(16)24(27)31/h2-13,20-22H,1H3/t20-,21+,22+/m0/s1. The van der Waals surface area contributed by atoms with Gasteiger partial charge in [-0.2, -0.15) is 0 Å². The molecule has 1 aliphatic carbocycles. The van der Waals surface area contributed by atoms with Gasteiger partial charge in [-0.05, 0) is 11.6 Å². The summed E-state index contributed by atoms with van der Waals surface area (Å²) in [6, 6.07) is 18.3. The van der Waals surface area contributed by atoms with E-state index in [0.29, 0.717) is 5.56 Å². The number of ether oxygens (including phenoxy) is 2. The molecule has 2 aliphatic heterocycles. The van der Waals surface area contributed by atoms with Crippen molar-refractivity contribution in [2.45, 2.75) is 11.7 Å². The molecule has 0 radical (unpaired) electrons. The Labute approximate surface area is 209 Å². The van der Waals surface area contributed by atoms with Crippen LogP contribution in [0.2, 0.25) is 0 Å². The molecule has 0 unspecified atom stereocenters. The van der Waals surface area contributed by atoms with Crippen LogP contribution in [0.25, 0.3) is 0 Å². The number of carbonyl (C=O) groups is 4. The number of Topliss-reactive ketones (excluding diaryl/α,β-unsaturated/α-hetero) is 2. The number of rotatable bonds is 4. The highest BCUT2D eigenvalue weighted by Gasteiger charge is 2.74. The van der Waals surface area contributed by atoms with Gasteiger partial charge in [0.15, 0.2) is 0 Å². The first-order valence-electron chi connectivity index (χ1n) is 11.4. The van der Waals surface area contributed by atoms with Crippen LogP contribution >= 0.6 is 0 Å². The molecule has 1 spiro atoms. The maximum absolute atomic E-state index is 14.0. The third-order valence-corrected chi connectivity index (χ3v) is 7.26. The van der Waals surface area contributed by atoms with Gasteiger partial charge in [0.05, 0.1) is 41.7 Å². The Morgan fingerprint density at radius 2 is 1.51 bits per heavy atom. The second-order valence-corrected chi connectivity index (χ2v) is 9.02. The Bertz CT molecular complexity index is 1500. The maximum atomic E-state index is 14.0. The highest BCUT2D eigenvalue weighted by atomic mass is 16.6. The van der Waals surface area contributed by atoms with Crippen LogP contribution in [0.3, 0.4) is 0 Å². The van der Waals surface area contributed by atoms with Crippen molar-refractivity contribution < 1.29 is 33.6 Å². The molecule has 3 atom stereocenters. The molecule has 3 aromatic carbocycles. The molecule has 37 heavy (non-hydrogen) atoms. The van der Waals surface area contributed by atoms with Crippen LogP contribution in [0.4, 0.5) is 11.4 Å². The van der Waals surface area contributed by atoms with Gasteiger partial charge in [0.25, 0.3) is 5.69 Å². The fraction of sp³-hybridized carbons (Fsp3) is 0.185. The smallest absolute Gasteiger partial charge is 0.273 e. The molecule has 0 N–H and O–H groups in total. The van der Waals surface area contributed by atoms with Crippen LogP contribution in [0.5, 0.6) is 5.75 Å². The number of methoxy groups -OCH3 is 1. The van der Waals surface area contributed by atoms with Gasteiger partial charge < -0.3 is 9.47 Å². The average molecular weight is 498 g/mol. The Morgan fingerprint density at radius 1 is 0.892 bits per heavy atom. The Morgan fingerprint density at radius 3 is 2.11 bits per heavy atom. The number of carbonyl (C=O) groups excluding carboxylic acids is 4. The maximum Gasteiger partial charge on any atom is 0.273 e. The van der Waals surface area contributed by atoms with E-state index in [1.807, 2.05) is 0 Å². The number of non-ortho nitro benzene ring substituents is 1. The van der Waals surface area contributed by atoms with E-state index in [2.05, 4.69) is 0 Å². The van der Waals surface area contributed by atoms with E-state index in [0.717, 1.165) is 17.0 Å². The summed E-state index contributed by atoms with van der Waals surface area (Å²) in [4.78, 5) is 66.9. The van der Waals surface area contributed by atoms with Crippen molar-refractivity contribution in [2.24, 2.45) is 11.8 Å². The summed E-state index contributed by atoms with van der Waals surface area (Å²) in [5.74, 6) is -5.52. The van der Waals surface area contributed by atoms with Gasteiger partial charge in [0.1, 0.15) is 5.75 Å². The zero-order valence-corrected chi connectivity index (χ0v) is 19.3. The topological polar surface area (TPSA) is 133 Å². The van der Waals surface area contributed by atoms with E-state index in [1.165, 1.54) is 25.3 Å². The molecular weight excluding hydrogens is 480 g/mol. The third kappa shape index (κ3) is 2.90. The van der Waals surface area contributed by atoms with Gasteiger partial charge in [0.2, 0.25) is 29.0 Å². The Kier molecular flexibility index (Phi) is 4.86. The number of anilines is 1. The van der Waals surface area contributed by atoms with Crippen molar-refractivity contribution in [3.63, 3.8) is 0 Å². The SMILES string of the molecule is COc1cc([N+](=O)[O-])ccc1N1C(=O)[C@@H]2[C@@H](c3ccccc3)OC3(C(=O)c4ccccc4C3=O)[C@H]2C1=O. The summed E-state index contributed by atoms with van der Waals surface area (Å²) in [6.45, 7) is 0. The lowest BCUT2D eigenvalue weighted by Gasteiger charge is -2.27. The second-order valence-electron chi connectivity index (χ2n) is 9.02. The molecular formula is C27H18N2O8. The van der Waals surface area contributed by atoms with Crippen molar-refractivity contribution >= 4 is 34.8 Å². The van der Waals surface area contributed by atoms with Gasteiger partial charge in [-0.15, -0.1) is 0 Å². The van der Waals surface area contributed by atoms with Crippen LogP contribution in [0.15, 0.2) is 72.8 Å². The lowest BCUT2D eigenvalue weighted by Crippen LogP contribution is -2.51. The van der Waals surface area contributed by atoms with Crippen LogP contribution in [0.1, 0.15) is 32.4 Å². The van der Waals surface area contributed by atoms with Crippen molar-refractivity contribution in [3.05, 3.63) is 99.6 Å².